The SMILES string of the molecule is CC1CCCN(C(=O)CN(C)CC(=O)N2CCNCC2)C1. The largest absolute Gasteiger partial charge is 0.341 e. The van der Waals surface area contributed by atoms with Gasteiger partial charge in [0, 0.05) is 39.3 Å². The molecule has 2 saturated heterocycles. The van der Waals surface area contributed by atoms with Gasteiger partial charge in [0.15, 0.2) is 0 Å². The Morgan fingerprint density at radius 1 is 1.10 bits per heavy atom. The summed E-state index contributed by atoms with van der Waals surface area (Å²) in [5.41, 5.74) is 0. The van der Waals surface area contributed by atoms with E-state index in [0.29, 0.717) is 19.0 Å². The second-order valence-electron chi connectivity index (χ2n) is 6.39. The normalized spacial score (nSPS) is 23.5. The maximum atomic E-state index is 12.3. The quantitative estimate of drug-likeness (QED) is 0.768. The lowest BCUT2D eigenvalue weighted by Gasteiger charge is -2.33. The molecule has 2 aliphatic rings. The summed E-state index contributed by atoms with van der Waals surface area (Å²) in [6, 6.07) is 0. The second kappa shape index (κ2) is 7.75. The Balaban J connectivity index is 1.74. The number of amides is 2. The molecule has 0 aromatic rings. The fourth-order valence-electron chi connectivity index (χ4n) is 3.05. The van der Waals surface area contributed by atoms with Crippen LogP contribution in [-0.2, 0) is 9.59 Å². The molecule has 6 heteroatoms. The fraction of sp³-hybridized carbons (Fsp3) is 0.867. The van der Waals surface area contributed by atoms with Gasteiger partial charge in [0.05, 0.1) is 13.1 Å². The van der Waals surface area contributed by atoms with Crippen molar-refractivity contribution < 1.29 is 9.59 Å². The van der Waals surface area contributed by atoms with Crippen LogP contribution in [-0.4, -0.2) is 85.9 Å². The van der Waals surface area contributed by atoms with Gasteiger partial charge < -0.3 is 15.1 Å². The van der Waals surface area contributed by atoms with Gasteiger partial charge in [0.1, 0.15) is 0 Å². The zero-order valence-electron chi connectivity index (χ0n) is 13.3. The first-order valence-electron chi connectivity index (χ1n) is 8.01. The number of carbonyl (C=O) groups excluding carboxylic acids is 2. The van der Waals surface area contributed by atoms with Crippen molar-refractivity contribution in [3.05, 3.63) is 0 Å². The molecule has 2 fully saturated rings. The van der Waals surface area contributed by atoms with Gasteiger partial charge in [-0.2, -0.15) is 0 Å². The number of rotatable bonds is 4. The van der Waals surface area contributed by atoms with Crippen LogP contribution in [0.1, 0.15) is 19.8 Å². The van der Waals surface area contributed by atoms with Crippen molar-refractivity contribution >= 4 is 11.8 Å². The molecular weight excluding hydrogens is 268 g/mol. The predicted molar refractivity (Wildman–Crippen MR) is 81.9 cm³/mol. The molecule has 1 atom stereocenters. The highest BCUT2D eigenvalue weighted by atomic mass is 16.2. The zero-order chi connectivity index (χ0) is 15.2. The Morgan fingerprint density at radius 3 is 2.33 bits per heavy atom. The van der Waals surface area contributed by atoms with Crippen LogP contribution in [0, 0.1) is 5.92 Å². The molecular formula is C15H28N4O2. The van der Waals surface area contributed by atoms with Crippen LogP contribution in [0.5, 0.6) is 0 Å². The van der Waals surface area contributed by atoms with Crippen molar-refractivity contribution in [2.75, 3.05) is 59.4 Å². The number of carbonyl (C=O) groups is 2. The molecule has 2 rings (SSSR count). The molecule has 2 amide bonds. The number of hydrogen-bond acceptors (Lipinski definition) is 4. The van der Waals surface area contributed by atoms with Gasteiger partial charge >= 0.3 is 0 Å². The molecule has 0 saturated carbocycles. The van der Waals surface area contributed by atoms with Gasteiger partial charge in [-0.3, -0.25) is 14.5 Å². The van der Waals surface area contributed by atoms with Crippen LogP contribution in [0.2, 0.25) is 0 Å². The minimum absolute atomic E-state index is 0.124. The average Bonchev–Trinajstić information content (AvgIpc) is 2.48. The third-order valence-electron chi connectivity index (χ3n) is 4.29. The Kier molecular flexibility index (Phi) is 5.99. The second-order valence-corrected chi connectivity index (χ2v) is 6.39. The minimum atomic E-state index is 0.124. The molecule has 2 heterocycles. The fourth-order valence-corrected chi connectivity index (χ4v) is 3.05. The highest BCUT2D eigenvalue weighted by Gasteiger charge is 2.23. The highest BCUT2D eigenvalue weighted by Crippen LogP contribution is 2.15. The van der Waals surface area contributed by atoms with Crippen molar-refractivity contribution in [2.24, 2.45) is 5.92 Å². The van der Waals surface area contributed by atoms with E-state index in [0.717, 1.165) is 45.7 Å². The maximum absolute atomic E-state index is 12.3. The van der Waals surface area contributed by atoms with Crippen LogP contribution >= 0.6 is 0 Å². The van der Waals surface area contributed by atoms with Gasteiger partial charge in [-0.1, -0.05) is 6.92 Å². The van der Waals surface area contributed by atoms with Gasteiger partial charge in [-0.25, -0.2) is 0 Å². The lowest BCUT2D eigenvalue weighted by Crippen LogP contribution is -2.50. The minimum Gasteiger partial charge on any atom is -0.341 e. The van der Waals surface area contributed by atoms with Crippen molar-refractivity contribution in [2.45, 2.75) is 19.8 Å². The summed E-state index contributed by atoms with van der Waals surface area (Å²) in [5, 5.41) is 3.23. The summed E-state index contributed by atoms with van der Waals surface area (Å²) in [7, 11) is 1.85. The Bertz CT molecular complexity index is 369. The molecule has 0 spiro atoms. The molecule has 6 nitrogen and oxygen atoms in total. The molecule has 21 heavy (non-hydrogen) atoms. The van der Waals surface area contributed by atoms with E-state index < -0.39 is 0 Å². The summed E-state index contributed by atoms with van der Waals surface area (Å²) in [6.07, 6.45) is 2.30. The van der Waals surface area contributed by atoms with Crippen LogP contribution in [0.25, 0.3) is 0 Å². The van der Waals surface area contributed by atoms with Crippen LogP contribution < -0.4 is 5.32 Å². The molecule has 120 valence electrons. The van der Waals surface area contributed by atoms with E-state index in [4.69, 9.17) is 0 Å². The number of likely N-dealkylation sites (tertiary alicyclic amines) is 1. The van der Waals surface area contributed by atoms with Crippen molar-refractivity contribution in [3.8, 4) is 0 Å². The Labute approximate surface area is 127 Å². The summed E-state index contributed by atoms with van der Waals surface area (Å²) < 4.78 is 0. The molecule has 0 aromatic carbocycles. The van der Waals surface area contributed by atoms with Crippen molar-refractivity contribution in [3.63, 3.8) is 0 Å². The average molecular weight is 296 g/mol. The van der Waals surface area contributed by atoms with Gasteiger partial charge in [0.2, 0.25) is 11.8 Å². The zero-order valence-corrected chi connectivity index (χ0v) is 13.3. The van der Waals surface area contributed by atoms with Crippen LogP contribution in [0.4, 0.5) is 0 Å². The monoisotopic (exact) mass is 296 g/mol. The third kappa shape index (κ3) is 4.97. The molecule has 0 bridgehead atoms. The molecule has 0 aliphatic carbocycles. The van der Waals surface area contributed by atoms with E-state index in [1.54, 1.807) is 0 Å². The predicted octanol–water partition coefficient (Wildman–Crippen LogP) is -0.391. The number of likely N-dealkylation sites (N-methyl/N-ethyl adjacent to an activating group) is 1. The Morgan fingerprint density at radius 2 is 1.71 bits per heavy atom. The van der Waals surface area contributed by atoms with E-state index in [2.05, 4.69) is 12.2 Å². The molecule has 0 aromatic heterocycles. The molecule has 2 aliphatic heterocycles. The smallest absolute Gasteiger partial charge is 0.236 e. The number of nitrogens with zero attached hydrogens (tertiary/aromatic N) is 3. The van der Waals surface area contributed by atoms with Crippen LogP contribution in [0.3, 0.4) is 0 Å². The summed E-state index contributed by atoms with van der Waals surface area (Å²) in [4.78, 5) is 30.1. The highest BCUT2D eigenvalue weighted by molar-refractivity contribution is 5.81. The first kappa shape index (κ1) is 16.2. The lowest BCUT2D eigenvalue weighted by molar-refractivity contribution is -0.136. The Hall–Kier alpha value is -1.14. The number of piperidine rings is 1. The van der Waals surface area contributed by atoms with E-state index >= 15 is 0 Å². The summed E-state index contributed by atoms with van der Waals surface area (Å²) >= 11 is 0. The third-order valence-corrected chi connectivity index (χ3v) is 4.29. The first-order chi connectivity index (χ1) is 10.1. The number of nitrogens with one attached hydrogen (secondary N) is 1. The molecule has 0 radical (unpaired) electrons. The number of hydrogen-bond donors (Lipinski definition) is 1. The summed E-state index contributed by atoms with van der Waals surface area (Å²) in [5.74, 6) is 0.867. The topological polar surface area (TPSA) is 55.9 Å². The van der Waals surface area contributed by atoms with Crippen molar-refractivity contribution in [1.82, 2.24) is 20.0 Å². The first-order valence-corrected chi connectivity index (χ1v) is 8.01. The van der Waals surface area contributed by atoms with E-state index in [1.807, 2.05) is 21.7 Å². The maximum Gasteiger partial charge on any atom is 0.236 e. The lowest BCUT2D eigenvalue weighted by atomic mass is 10.0. The molecule has 1 unspecified atom stereocenters. The van der Waals surface area contributed by atoms with Gasteiger partial charge in [0.25, 0.3) is 0 Å². The van der Waals surface area contributed by atoms with E-state index in [9.17, 15) is 9.59 Å². The number of piperazine rings is 1. The van der Waals surface area contributed by atoms with Crippen molar-refractivity contribution in [1.29, 1.82) is 0 Å². The standard InChI is InChI=1S/C15H28N4O2/c1-13-4-3-7-19(10-13)15(21)12-17(2)11-14(20)18-8-5-16-6-9-18/h13,16H,3-12H2,1-2H3. The molecule has 1 N–H and O–H groups in total. The summed E-state index contributed by atoms with van der Waals surface area (Å²) in [6.45, 7) is 7.84. The van der Waals surface area contributed by atoms with Gasteiger partial charge in [-0.15, -0.1) is 0 Å². The van der Waals surface area contributed by atoms with Crippen LogP contribution in [0.15, 0.2) is 0 Å². The van der Waals surface area contributed by atoms with E-state index in [1.165, 1.54) is 6.42 Å². The van der Waals surface area contributed by atoms with Gasteiger partial charge in [-0.05, 0) is 25.8 Å². The van der Waals surface area contributed by atoms with E-state index in [-0.39, 0.29) is 11.8 Å².